The van der Waals surface area contributed by atoms with Gasteiger partial charge in [0.25, 0.3) is 0 Å². The van der Waals surface area contributed by atoms with E-state index in [2.05, 4.69) is 37.0 Å². The Bertz CT molecular complexity index is 257. The molecule has 1 heterocycles. The van der Waals surface area contributed by atoms with Gasteiger partial charge in [0, 0.05) is 6.20 Å². The van der Waals surface area contributed by atoms with Crippen LogP contribution in [0.2, 0.25) is 0 Å². The zero-order valence-electron chi connectivity index (χ0n) is 7.91. The van der Waals surface area contributed by atoms with E-state index in [-0.39, 0.29) is 0 Å². The van der Waals surface area contributed by atoms with Crippen LogP contribution in [0.15, 0.2) is 24.4 Å². The molecular formula is C11H15N. The number of rotatable bonds is 2. The second kappa shape index (κ2) is 4.05. The van der Waals surface area contributed by atoms with Gasteiger partial charge >= 0.3 is 0 Å². The molecule has 0 unspecified atom stereocenters. The van der Waals surface area contributed by atoms with Crippen LogP contribution in [0, 0.1) is 12.8 Å². The maximum atomic E-state index is 4.26. The molecule has 0 aliphatic rings. The zero-order valence-corrected chi connectivity index (χ0v) is 7.91. The van der Waals surface area contributed by atoms with Gasteiger partial charge in [0.2, 0.25) is 0 Å². The van der Waals surface area contributed by atoms with Crippen molar-refractivity contribution < 1.29 is 0 Å². The highest BCUT2D eigenvalue weighted by molar-refractivity contribution is 5.44. The average Bonchev–Trinajstić information content (AvgIpc) is 2.03. The molecule has 0 saturated heterocycles. The van der Waals surface area contributed by atoms with Crippen molar-refractivity contribution in [3.63, 3.8) is 0 Å². The van der Waals surface area contributed by atoms with Crippen LogP contribution in [0.3, 0.4) is 0 Å². The van der Waals surface area contributed by atoms with Crippen LogP contribution >= 0.6 is 0 Å². The molecule has 0 saturated carbocycles. The van der Waals surface area contributed by atoms with E-state index in [0.29, 0.717) is 5.92 Å². The summed E-state index contributed by atoms with van der Waals surface area (Å²) >= 11 is 0. The second-order valence-corrected chi connectivity index (χ2v) is 3.36. The Labute approximate surface area is 74.2 Å². The minimum atomic E-state index is 0.591. The monoisotopic (exact) mass is 161 g/mol. The van der Waals surface area contributed by atoms with Crippen molar-refractivity contribution in [2.75, 3.05) is 0 Å². The van der Waals surface area contributed by atoms with Gasteiger partial charge < -0.3 is 0 Å². The van der Waals surface area contributed by atoms with E-state index < -0.39 is 0 Å². The first kappa shape index (κ1) is 8.98. The molecule has 0 atom stereocenters. The quantitative estimate of drug-likeness (QED) is 0.649. The summed E-state index contributed by atoms with van der Waals surface area (Å²) in [6, 6.07) is 4.11. The molecule has 0 aliphatic carbocycles. The lowest BCUT2D eigenvalue weighted by molar-refractivity contribution is 0.836. The Balaban J connectivity index is 2.71. The van der Waals surface area contributed by atoms with Crippen molar-refractivity contribution >= 4 is 6.08 Å². The molecule has 0 fully saturated rings. The lowest BCUT2D eigenvalue weighted by atomic mass is 10.2. The Kier molecular flexibility index (Phi) is 3.03. The smallest absolute Gasteiger partial charge is 0.0626 e. The fourth-order valence-electron chi connectivity index (χ4n) is 0.869. The predicted octanol–water partition coefficient (Wildman–Crippen LogP) is 3.06. The summed E-state index contributed by atoms with van der Waals surface area (Å²) in [5.74, 6) is 0.591. The maximum Gasteiger partial charge on any atom is 0.0626 e. The summed E-state index contributed by atoms with van der Waals surface area (Å²) in [7, 11) is 0. The Morgan fingerprint density at radius 1 is 1.33 bits per heavy atom. The summed E-state index contributed by atoms with van der Waals surface area (Å²) in [5.41, 5.74) is 2.24. The number of aromatic nitrogens is 1. The van der Waals surface area contributed by atoms with Crippen molar-refractivity contribution in [3.8, 4) is 0 Å². The minimum absolute atomic E-state index is 0.591. The van der Waals surface area contributed by atoms with Gasteiger partial charge in [-0.2, -0.15) is 0 Å². The summed E-state index contributed by atoms with van der Waals surface area (Å²) in [6.07, 6.45) is 6.10. The minimum Gasteiger partial charge on any atom is -0.257 e. The largest absolute Gasteiger partial charge is 0.257 e. The molecule has 1 aromatic heterocycles. The molecule has 0 spiro atoms. The molecule has 0 aromatic carbocycles. The van der Waals surface area contributed by atoms with Gasteiger partial charge in [0.15, 0.2) is 0 Å². The van der Waals surface area contributed by atoms with Crippen LogP contribution in [0.25, 0.3) is 6.08 Å². The summed E-state index contributed by atoms with van der Waals surface area (Å²) < 4.78 is 0. The normalized spacial score (nSPS) is 11.3. The first-order valence-corrected chi connectivity index (χ1v) is 4.29. The summed E-state index contributed by atoms with van der Waals surface area (Å²) in [4.78, 5) is 4.26. The zero-order chi connectivity index (χ0) is 8.97. The number of nitrogens with zero attached hydrogens (tertiary/aromatic N) is 1. The number of aryl methyl sites for hydroxylation is 1. The molecule has 0 N–H and O–H groups in total. The standard InChI is InChI=1S/C11H15N/c1-9(2)4-6-11-7-5-10(3)8-12-11/h4-9H,1-3H3/b6-4+. The van der Waals surface area contributed by atoms with E-state index in [9.17, 15) is 0 Å². The molecule has 12 heavy (non-hydrogen) atoms. The van der Waals surface area contributed by atoms with Crippen molar-refractivity contribution in [2.45, 2.75) is 20.8 Å². The number of hydrogen-bond acceptors (Lipinski definition) is 1. The van der Waals surface area contributed by atoms with Crippen LogP contribution in [0.1, 0.15) is 25.1 Å². The lowest BCUT2D eigenvalue weighted by Gasteiger charge is -1.95. The maximum absolute atomic E-state index is 4.26. The van der Waals surface area contributed by atoms with Gasteiger partial charge in [-0.25, -0.2) is 0 Å². The van der Waals surface area contributed by atoms with Crippen LogP contribution in [-0.4, -0.2) is 4.98 Å². The highest BCUT2D eigenvalue weighted by Gasteiger charge is 1.88. The summed E-state index contributed by atoms with van der Waals surface area (Å²) in [6.45, 7) is 6.36. The van der Waals surface area contributed by atoms with Crippen molar-refractivity contribution in [1.29, 1.82) is 0 Å². The van der Waals surface area contributed by atoms with Crippen molar-refractivity contribution in [3.05, 3.63) is 35.7 Å². The first-order valence-electron chi connectivity index (χ1n) is 4.29. The fourth-order valence-corrected chi connectivity index (χ4v) is 0.869. The topological polar surface area (TPSA) is 12.9 Å². The van der Waals surface area contributed by atoms with Gasteiger partial charge in [0.1, 0.15) is 0 Å². The molecule has 0 amide bonds. The Morgan fingerprint density at radius 3 is 2.58 bits per heavy atom. The highest BCUT2D eigenvalue weighted by Crippen LogP contribution is 2.03. The highest BCUT2D eigenvalue weighted by atomic mass is 14.7. The molecule has 0 radical (unpaired) electrons. The van der Waals surface area contributed by atoms with Crippen molar-refractivity contribution in [2.24, 2.45) is 5.92 Å². The Hall–Kier alpha value is -1.11. The molecule has 0 bridgehead atoms. The van der Waals surface area contributed by atoms with E-state index in [1.165, 1.54) is 5.56 Å². The van der Waals surface area contributed by atoms with Crippen LogP contribution < -0.4 is 0 Å². The fraction of sp³-hybridized carbons (Fsp3) is 0.364. The number of pyridine rings is 1. The van der Waals surface area contributed by atoms with E-state index in [1.807, 2.05) is 19.2 Å². The van der Waals surface area contributed by atoms with E-state index in [0.717, 1.165) is 5.69 Å². The molecule has 1 aromatic rings. The van der Waals surface area contributed by atoms with E-state index >= 15 is 0 Å². The van der Waals surface area contributed by atoms with Crippen LogP contribution in [-0.2, 0) is 0 Å². The average molecular weight is 161 g/mol. The van der Waals surface area contributed by atoms with Crippen molar-refractivity contribution in [1.82, 2.24) is 4.98 Å². The molecule has 1 nitrogen and oxygen atoms in total. The third-order valence-corrected chi connectivity index (χ3v) is 1.59. The number of hydrogen-bond donors (Lipinski definition) is 0. The van der Waals surface area contributed by atoms with Crippen LogP contribution in [0.5, 0.6) is 0 Å². The second-order valence-electron chi connectivity index (χ2n) is 3.36. The molecular weight excluding hydrogens is 146 g/mol. The van der Waals surface area contributed by atoms with Gasteiger partial charge in [0.05, 0.1) is 5.69 Å². The molecule has 1 heteroatoms. The number of allylic oxidation sites excluding steroid dienone is 1. The molecule has 1 rings (SSSR count). The summed E-state index contributed by atoms with van der Waals surface area (Å²) in [5, 5.41) is 0. The lowest BCUT2D eigenvalue weighted by Crippen LogP contribution is -1.82. The van der Waals surface area contributed by atoms with Gasteiger partial charge in [-0.15, -0.1) is 0 Å². The third kappa shape index (κ3) is 2.87. The van der Waals surface area contributed by atoms with Crippen LogP contribution in [0.4, 0.5) is 0 Å². The van der Waals surface area contributed by atoms with E-state index in [4.69, 9.17) is 0 Å². The Morgan fingerprint density at radius 2 is 2.08 bits per heavy atom. The predicted molar refractivity (Wildman–Crippen MR) is 52.8 cm³/mol. The van der Waals surface area contributed by atoms with Gasteiger partial charge in [-0.3, -0.25) is 4.98 Å². The van der Waals surface area contributed by atoms with Gasteiger partial charge in [-0.05, 0) is 30.5 Å². The molecule has 64 valence electrons. The van der Waals surface area contributed by atoms with E-state index in [1.54, 1.807) is 0 Å². The SMILES string of the molecule is Cc1ccc(/C=C/C(C)C)nc1. The molecule has 0 aliphatic heterocycles. The first-order chi connectivity index (χ1) is 5.68. The van der Waals surface area contributed by atoms with Gasteiger partial charge in [-0.1, -0.05) is 26.0 Å². The third-order valence-electron chi connectivity index (χ3n) is 1.59.